The molecule has 0 saturated carbocycles. The second kappa shape index (κ2) is 6.25. The minimum Gasteiger partial charge on any atom is -0.337 e. The number of thioether (sulfide) groups is 1. The molecular weight excluding hydrogens is 270 g/mol. The fourth-order valence-electron chi connectivity index (χ4n) is 1.69. The van der Waals surface area contributed by atoms with Crippen LogP contribution in [-0.4, -0.2) is 21.6 Å². The minimum absolute atomic E-state index is 0.349. The number of aromatic nitrogens is 2. The molecule has 0 spiro atoms. The maximum absolute atomic E-state index is 5.71. The number of hydrogen-bond acceptors (Lipinski definition) is 5. The Bertz CT molecular complexity index is 614. The van der Waals surface area contributed by atoms with Crippen LogP contribution in [0.1, 0.15) is 0 Å². The Hall–Kier alpha value is -2.27. The van der Waals surface area contributed by atoms with E-state index in [1.54, 1.807) is 35.3 Å². The predicted octanol–water partition coefficient (Wildman–Crippen LogP) is 3.28. The van der Waals surface area contributed by atoms with Crippen LogP contribution in [0.25, 0.3) is 0 Å². The molecule has 0 N–H and O–H groups in total. The molecule has 5 heteroatoms. The van der Waals surface area contributed by atoms with Gasteiger partial charge in [0.15, 0.2) is 0 Å². The quantitative estimate of drug-likeness (QED) is 0.861. The van der Waals surface area contributed by atoms with Crippen molar-refractivity contribution in [2.75, 3.05) is 6.54 Å². The summed E-state index contributed by atoms with van der Waals surface area (Å²) in [6, 6.07) is 12.3. The lowest BCUT2D eigenvalue weighted by molar-refractivity contribution is -0.0118. The molecular formula is C15H13N3OS. The molecule has 3 rings (SSSR count). The van der Waals surface area contributed by atoms with Crippen molar-refractivity contribution >= 4 is 11.8 Å². The van der Waals surface area contributed by atoms with E-state index in [-0.39, 0.29) is 0 Å². The van der Waals surface area contributed by atoms with Gasteiger partial charge in [-0.1, -0.05) is 42.1 Å². The van der Waals surface area contributed by atoms with Gasteiger partial charge in [0, 0.05) is 17.3 Å². The molecule has 1 aromatic heterocycles. The molecule has 2 aromatic rings. The minimum atomic E-state index is 0.349. The Morgan fingerprint density at radius 1 is 1.05 bits per heavy atom. The number of rotatable bonds is 4. The highest BCUT2D eigenvalue weighted by Crippen LogP contribution is 2.30. The average molecular weight is 283 g/mol. The monoisotopic (exact) mass is 283 g/mol. The first kappa shape index (κ1) is 12.7. The largest absolute Gasteiger partial charge is 0.342 e. The lowest BCUT2D eigenvalue weighted by Gasteiger charge is -2.25. The summed E-state index contributed by atoms with van der Waals surface area (Å²) in [6.07, 6.45) is 9.39. The van der Waals surface area contributed by atoms with E-state index < -0.39 is 0 Å². The van der Waals surface area contributed by atoms with Crippen molar-refractivity contribution in [1.82, 2.24) is 15.0 Å². The SMILES string of the molecule is C1=CCN(Oc2ncccn2)C(Sc2ccccc2)=C1. The van der Waals surface area contributed by atoms with Gasteiger partial charge in [-0.2, -0.15) is 5.06 Å². The molecule has 0 radical (unpaired) electrons. The Labute approximate surface area is 121 Å². The van der Waals surface area contributed by atoms with Crippen LogP contribution < -0.4 is 4.84 Å². The van der Waals surface area contributed by atoms with E-state index in [0.29, 0.717) is 12.6 Å². The topological polar surface area (TPSA) is 38.2 Å². The number of benzene rings is 1. The first-order valence-corrected chi connectivity index (χ1v) is 7.06. The molecule has 0 unspecified atom stereocenters. The zero-order valence-corrected chi connectivity index (χ0v) is 11.5. The van der Waals surface area contributed by atoms with Crippen molar-refractivity contribution in [2.45, 2.75) is 4.90 Å². The Balaban J connectivity index is 1.74. The van der Waals surface area contributed by atoms with Gasteiger partial charge in [0.05, 0.1) is 6.54 Å². The van der Waals surface area contributed by atoms with E-state index >= 15 is 0 Å². The third-order valence-electron chi connectivity index (χ3n) is 2.59. The van der Waals surface area contributed by atoms with Gasteiger partial charge in [0.25, 0.3) is 0 Å². The van der Waals surface area contributed by atoms with Gasteiger partial charge in [-0.3, -0.25) is 0 Å². The molecule has 1 aromatic carbocycles. The first-order valence-electron chi connectivity index (χ1n) is 6.24. The van der Waals surface area contributed by atoms with E-state index in [2.05, 4.69) is 22.1 Å². The van der Waals surface area contributed by atoms with Gasteiger partial charge < -0.3 is 4.84 Å². The lowest BCUT2D eigenvalue weighted by Crippen LogP contribution is -2.28. The summed E-state index contributed by atoms with van der Waals surface area (Å²) in [5, 5.41) is 2.79. The Kier molecular flexibility index (Phi) is 3.99. The van der Waals surface area contributed by atoms with Gasteiger partial charge in [0.1, 0.15) is 5.03 Å². The summed E-state index contributed by atoms with van der Waals surface area (Å²) in [7, 11) is 0. The number of hydroxylamine groups is 2. The van der Waals surface area contributed by atoms with Crippen LogP contribution in [0, 0.1) is 0 Å². The molecule has 20 heavy (non-hydrogen) atoms. The maximum Gasteiger partial charge on any atom is 0.342 e. The van der Waals surface area contributed by atoms with Crippen LogP contribution in [-0.2, 0) is 0 Å². The van der Waals surface area contributed by atoms with Crippen LogP contribution in [0.3, 0.4) is 0 Å². The Morgan fingerprint density at radius 2 is 1.85 bits per heavy atom. The Morgan fingerprint density at radius 3 is 2.65 bits per heavy atom. The summed E-state index contributed by atoms with van der Waals surface area (Å²) in [6.45, 7) is 0.671. The molecule has 1 aliphatic heterocycles. The van der Waals surface area contributed by atoms with Gasteiger partial charge in [-0.25, -0.2) is 9.97 Å². The number of nitrogens with zero attached hydrogens (tertiary/aromatic N) is 3. The van der Waals surface area contributed by atoms with Gasteiger partial charge >= 0.3 is 6.01 Å². The number of hydrogen-bond donors (Lipinski definition) is 0. The molecule has 0 saturated heterocycles. The van der Waals surface area contributed by atoms with E-state index in [4.69, 9.17) is 4.84 Å². The number of allylic oxidation sites excluding steroid dienone is 2. The third kappa shape index (κ3) is 3.19. The second-order valence-corrected chi connectivity index (χ2v) is 5.13. The fraction of sp³-hybridized carbons (Fsp3) is 0.0667. The van der Waals surface area contributed by atoms with E-state index in [9.17, 15) is 0 Å². The van der Waals surface area contributed by atoms with Gasteiger partial charge in [-0.05, 0) is 24.3 Å². The first-order chi connectivity index (χ1) is 9.92. The van der Waals surface area contributed by atoms with Crippen molar-refractivity contribution in [3.05, 3.63) is 72.0 Å². The van der Waals surface area contributed by atoms with E-state index in [1.165, 1.54) is 0 Å². The molecule has 0 aliphatic carbocycles. The highest BCUT2D eigenvalue weighted by atomic mass is 32.2. The highest BCUT2D eigenvalue weighted by molar-refractivity contribution is 8.03. The van der Waals surface area contributed by atoms with Crippen LogP contribution >= 0.6 is 11.8 Å². The van der Waals surface area contributed by atoms with Crippen molar-refractivity contribution in [3.8, 4) is 6.01 Å². The highest BCUT2D eigenvalue weighted by Gasteiger charge is 2.15. The molecule has 4 nitrogen and oxygen atoms in total. The zero-order valence-electron chi connectivity index (χ0n) is 10.7. The predicted molar refractivity (Wildman–Crippen MR) is 78.9 cm³/mol. The smallest absolute Gasteiger partial charge is 0.337 e. The van der Waals surface area contributed by atoms with Crippen LogP contribution in [0.4, 0.5) is 0 Å². The third-order valence-corrected chi connectivity index (χ3v) is 3.65. The van der Waals surface area contributed by atoms with Crippen molar-refractivity contribution < 1.29 is 4.84 Å². The maximum atomic E-state index is 5.71. The summed E-state index contributed by atoms with van der Waals surface area (Å²) < 4.78 is 0. The van der Waals surface area contributed by atoms with Gasteiger partial charge in [0.2, 0.25) is 0 Å². The van der Waals surface area contributed by atoms with Gasteiger partial charge in [-0.15, -0.1) is 0 Å². The summed E-state index contributed by atoms with van der Waals surface area (Å²) >= 11 is 1.65. The van der Waals surface area contributed by atoms with Crippen molar-refractivity contribution in [3.63, 3.8) is 0 Å². The molecule has 0 atom stereocenters. The normalized spacial score (nSPS) is 14.0. The molecule has 100 valence electrons. The lowest BCUT2D eigenvalue weighted by atomic mass is 10.4. The zero-order chi connectivity index (χ0) is 13.6. The van der Waals surface area contributed by atoms with Crippen molar-refractivity contribution in [1.29, 1.82) is 0 Å². The van der Waals surface area contributed by atoms with Crippen LogP contribution in [0.15, 0.2) is 76.9 Å². The molecule has 0 fully saturated rings. The van der Waals surface area contributed by atoms with Crippen molar-refractivity contribution in [2.24, 2.45) is 0 Å². The summed E-state index contributed by atoms with van der Waals surface area (Å²) in [5.41, 5.74) is 0. The molecule has 0 bridgehead atoms. The average Bonchev–Trinajstić information content (AvgIpc) is 2.51. The second-order valence-electron chi connectivity index (χ2n) is 4.03. The summed E-state index contributed by atoms with van der Waals surface area (Å²) in [4.78, 5) is 15.0. The summed E-state index contributed by atoms with van der Waals surface area (Å²) in [5.74, 6) is 0. The standard InChI is InChI=1S/C15H13N3OS/c1-2-7-13(8-3-1)20-14-9-4-5-12-18(14)19-15-16-10-6-11-17-15/h1-11H,12H2. The van der Waals surface area contributed by atoms with E-state index in [1.807, 2.05) is 36.4 Å². The molecule has 2 heterocycles. The molecule has 1 aliphatic rings. The van der Waals surface area contributed by atoms with Crippen LogP contribution in [0.5, 0.6) is 6.01 Å². The van der Waals surface area contributed by atoms with Crippen LogP contribution in [0.2, 0.25) is 0 Å². The van der Waals surface area contributed by atoms with E-state index in [0.717, 1.165) is 9.92 Å². The molecule has 0 amide bonds. The fourth-order valence-corrected chi connectivity index (χ4v) is 2.58.